The summed E-state index contributed by atoms with van der Waals surface area (Å²) < 4.78 is 5.34. The number of aromatic nitrogens is 1. The zero-order valence-corrected chi connectivity index (χ0v) is 14.0. The van der Waals surface area contributed by atoms with Crippen LogP contribution in [-0.4, -0.2) is 9.91 Å². The molecule has 0 atom stereocenters. The Hall–Kier alpha value is -3.52. The van der Waals surface area contributed by atoms with Crippen molar-refractivity contribution in [1.29, 1.82) is 0 Å². The maximum absolute atomic E-state index is 12.2. The number of nitro groups is 1. The Morgan fingerprint density at radius 1 is 1.12 bits per heavy atom. The van der Waals surface area contributed by atoms with Crippen LogP contribution in [0.5, 0.6) is 0 Å². The van der Waals surface area contributed by atoms with E-state index in [4.69, 9.17) is 4.42 Å². The molecule has 8 heteroatoms. The highest BCUT2D eigenvalue weighted by molar-refractivity contribution is 7.14. The number of rotatable bonds is 4. The van der Waals surface area contributed by atoms with Gasteiger partial charge in [0.05, 0.1) is 16.2 Å². The zero-order valence-electron chi connectivity index (χ0n) is 13.2. The van der Waals surface area contributed by atoms with Crippen molar-refractivity contribution >= 4 is 38.8 Å². The topological polar surface area (TPSA) is 98.3 Å². The molecule has 0 bridgehead atoms. The van der Waals surface area contributed by atoms with Gasteiger partial charge in [-0.3, -0.25) is 10.1 Å². The molecule has 26 heavy (non-hydrogen) atoms. The maximum atomic E-state index is 12.2. The van der Waals surface area contributed by atoms with Crippen molar-refractivity contribution in [3.05, 3.63) is 80.5 Å². The van der Waals surface area contributed by atoms with Crippen molar-refractivity contribution in [3.8, 4) is 11.3 Å². The lowest BCUT2D eigenvalue weighted by molar-refractivity contribution is -0.384. The molecule has 2 aromatic carbocycles. The van der Waals surface area contributed by atoms with Crippen LogP contribution >= 0.6 is 11.3 Å². The van der Waals surface area contributed by atoms with Gasteiger partial charge in [-0.1, -0.05) is 18.2 Å². The van der Waals surface area contributed by atoms with Crippen molar-refractivity contribution in [1.82, 2.24) is 4.98 Å². The van der Waals surface area contributed by atoms with Crippen molar-refractivity contribution < 1.29 is 9.34 Å². The van der Waals surface area contributed by atoms with Crippen LogP contribution in [0.4, 0.5) is 16.5 Å². The first-order valence-corrected chi connectivity index (χ1v) is 8.48. The molecule has 2 aromatic heterocycles. The Morgan fingerprint density at radius 2 is 1.88 bits per heavy atom. The largest absolute Gasteiger partial charge is 0.422 e. The molecular weight excluding hydrogens is 354 g/mol. The molecule has 0 saturated carbocycles. The Bertz CT molecular complexity index is 1160. The predicted molar refractivity (Wildman–Crippen MR) is 100.0 cm³/mol. The highest BCUT2D eigenvalue weighted by atomic mass is 32.1. The summed E-state index contributed by atoms with van der Waals surface area (Å²) in [5.74, 6) is 0. The van der Waals surface area contributed by atoms with Gasteiger partial charge in [-0.25, -0.2) is 9.78 Å². The van der Waals surface area contributed by atoms with Gasteiger partial charge in [0.15, 0.2) is 5.13 Å². The van der Waals surface area contributed by atoms with Gasteiger partial charge in [-0.05, 0) is 24.3 Å². The minimum Gasteiger partial charge on any atom is -0.422 e. The summed E-state index contributed by atoms with van der Waals surface area (Å²) in [7, 11) is 0. The number of non-ortho nitro benzene ring substituents is 1. The van der Waals surface area contributed by atoms with E-state index in [1.54, 1.807) is 35.7 Å². The fourth-order valence-electron chi connectivity index (χ4n) is 2.49. The predicted octanol–water partition coefficient (Wildman–Crippen LogP) is 4.57. The van der Waals surface area contributed by atoms with E-state index in [1.165, 1.54) is 23.5 Å². The molecule has 4 rings (SSSR count). The molecule has 0 aliphatic rings. The fraction of sp³-hybridized carbons (Fsp3) is 0. The SMILES string of the molecule is O=c1oc2ccccc2cc1-c1csc(Nc2ccc([N+](=O)[O-])cc2)n1. The quantitative estimate of drug-likeness (QED) is 0.323. The Morgan fingerprint density at radius 3 is 2.65 bits per heavy atom. The molecule has 0 fully saturated rings. The number of thiazole rings is 1. The van der Waals surface area contributed by atoms with E-state index in [0.29, 0.717) is 27.7 Å². The van der Waals surface area contributed by atoms with Crippen molar-refractivity contribution in [2.45, 2.75) is 0 Å². The van der Waals surface area contributed by atoms with E-state index in [2.05, 4.69) is 10.3 Å². The van der Waals surface area contributed by atoms with Crippen LogP contribution in [0, 0.1) is 10.1 Å². The standard InChI is InChI=1S/C18H11N3O4S/c22-17-14(9-11-3-1-2-4-16(11)25-17)15-10-26-18(20-15)19-12-5-7-13(8-6-12)21(23)24/h1-10H,(H,19,20). The van der Waals surface area contributed by atoms with Gasteiger partial charge in [0.25, 0.3) is 5.69 Å². The third-order valence-electron chi connectivity index (χ3n) is 3.75. The number of para-hydroxylation sites is 1. The summed E-state index contributed by atoms with van der Waals surface area (Å²) in [5, 5.41) is 16.9. The molecular formula is C18H11N3O4S. The number of nitrogens with zero attached hydrogens (tertiary/aromatic N) is 2. The third kappa shape index (κ3) is 3.05. The second kappa shape index (κ2) is 6.41. The van der Waals surface area contributed by atoms with Gasteiger partial charge < -0.3 is 9.73 Å². The summed E-state index contributed by atoms with van der Waals surface area (Å²) >= 11 is 1.33. The molecule has 7 nitrogen and oxygen atoms in total. The maximum Gasteiger partial charge on any atom is 0.345 e. The first-order chi connectivity index (χ1) is 12.6. The van der Waals surface area contributed by atoms with Gasteiger partial charge >= 0.3 is 5.63 Å². The zero-order chi connectivity index (χ0) is 18.1. The normalized spacial score (nSPS) is 10.8. The Kier molecular flexibility index (Phi) is 3.94. The van der Waals surface area contributed by atoms with E-state index in [9.17, 15) is 14.9 Å². The lowest BCUT2D eigenvalue weighted by Gasteiger charge is -2.02. The number of nitro benzene ring substituents is 1. The molecule has 1 N–H and O–H groups in total. The molecule has 0 radical (unpaired) electrons. The van der Waals surface area contributed by atoms with Crippen LogP contribution in [-0.2, 0) is 0 Å². The fourth-order valence-corrected chi connectivity index (χ4v) is 3.22. The minimum absolute atomic E-state index is 0.0177. The van der Waals surface area contributed by atoms with Crippen molar-refractivity contribution in [3.63, 3.8) is 0 Å². The molecule has 0 amide bonds. The smallest absolute Gasteiger partial charge is 0.345 e. The van der Waals surface area contributed by atoms with Crippen LogP contribution in [0.1, 0.15) is 0 Å². The van der Waals surface area contributed by atoms with Crippen LogP contribution in [0.3, 0.4) is 0 Å². The van der Waals surface area contributed by atoms with Gasteiger partial charge in [-0.15, -0.1) is 11.3 Å². The number of anilines is 2. The van der Waals surface area contributed by atoms with Crippen molar-refractivity contribution in [2.75, 3.05) is 5.32 Å². The highest BCUT2D eigenvalue weighted by Gasteiger charge is 2.12. The molecule has 0 saturated heterocycles. The number of nitrogens with one attached hydrogen (secondary N) is 1. The minimum atomic E-state index is -0.454. The second-order valence-corrected chi connectivity index (χ2v) is 6.31. The molecule has 128 valence electrons. The summed E-state index contributed by atoms with van der Waals surface area (Å²) in [6.07, 6.45) is 0. The summed E-state index contributed by atoms with van der Waals surface area (Å²) in [5.41, 5.74) is 1.67. The van der Waals surface area contributed by atoms with Crippen molar-refractivity contribution in [2.24, 2.45) is 0 Å². The second-order valence-electron chi connectivity index (χ2n) is 5.45. The van der Waals surface area contributed by atoms with E-state index >= 15 is 0 Å². The lowest BCUT2D eigenvalue weighted by atomic mass is 10.1. The van der Waals surface area contributed by atoms with E-state index in [-0.39, 0.29) is 5.69 Å². The van der Waals surface area contributed by atoms with Crippen LogP contribution in [0.15, 0.2) is 69.2 Å². The van der Waals surface area contributed by atoms with Gasteiger partial charge in [0, 0.05) is 28.6 Å². The number of hydrogen-bond acceptors (Lipinski definition) is 7. The first kappa shape index (κ1) is 16.0. The van der Waals surface area contributed by atoms with E-state index < -0.39 is 10.5 Å². The summed E-state index contributed by atoms with van der Waals surface area (Å²) in [6.45, 7) is 0. The molecule has 0 unspecified atom stereocenters. The molecule has 4 aromatic rings. The number of fused-ring (bicyclic) bond motifs is 1. The third-order valence-corrected chi connectivity index (χ3v) is 4.51. The molecule has 0 aliphatic heterocycles. The molecule has 2 heterocycles. The van der Waals surface area contributed by atoms with Crippen LogP contribution in [0.25, 0.3) is 22.2 Å². The van der Waals surface area contributed by atoms with E-state index in [1.807, 2.05) is 12.1 Å². The summed E-state index contributed by atoms with van der Waals surface area (Å²) in [4.78, 5) is 26.9. The molecule has 0 aliphatic carbocycles. The average molecular weight is 365 g/mol. The highest BCUT2D eigenvalue weighted by Crippen LogP contribution is 2.27. The van der Waals surface area contributed by atoms with Crippen LogP contribution < -0.4 is 10.9 Å². The van der Waals surface area contributed by atoms with Gasteiger partial charge in [-0.2, -0.15) is 0 Å². The Balaban J connectivity index is 1.63. The first-order valence-electron chi connectivity index (χ1n) is 7.60. The lowest BCUT2D eigenvalue weighted by Crippen LogP contribution is -2.02. The average Bonchev–Trinajstić information content (AvgIpc) is 3.10. The number of benzene rings is 2. The van der Waals surface area contributed by atoms with Gasteiger partial charge in [0.2, 0.25) is 0 Å². The monoisotopic (exact) mass is 365 g/mol. The van der Waals surface area contributed by atoms with Gasteiger partial charge in [0.1, 0.15) is 5.58 Å². The Labute approximate surface area is 150 Å². The summed E-state index contributed by atoms with van der Waals surface area (Å²) in [6, 6.07) is 15.1. The van der Waals surface area contributed by atoms with Crippen LogP contribution in [0.2, 0.25) is 0 Å². The number of hydrogen-bond donors (Lipinski definition) is 1. The van der Waals surface area contributed by atoms with E-state index in [0.717, 1.165) is 5.39 Å². The molecule has 0 spiro atoms.